The third-order valence-electron chi connectivity index (χ3n) is 3.06. The van der Waals surface area contributed by atoms with Crippen molar-refractivity contribution in [2.45, 2.75) is 51.5 Å². The van der Waals surface area contributed by atoms with Crippen molar-refractivity contribution in [3.63, 3.8) is 0 Å². The number of esters is 1. The zero-order valence-corrected chi connectivity index (χ0v) is 11.0. The standard InChI is InChI=1S/C13H26N2O2/c1-2-3-4-5-6-7-13(16)17-11-12-10-14-8-9-15-12/h12,14-15H,2-11H2,1H3. The van der Waals surface area contributed by atoms with Crippen molar-refractivity contribution in [1.29, 1.82) is 0 Å². The Hall–Kier alpha value is -0.610. The second-order valence-electron chi connectivity index (χ2n) is 4.70. The molecule has 0 amide bonds. The first-order chi connectivity index (χ1) is 8.33. The van der Waals surface area contributed by atoms with Gasteiger partial charge in [-0.15, -0.1) is 0 Å². The highest BCUT2D eigenvalue weighted by molar-refractivity contribution is 5.69. The zero-order chi connectivity index (χ0) is 12.3. The fourth-order valence-electron chi connectivity index (χ4n) is 1.97. The van der Waals surface area contributed by atoms with Gasteiger partial charge in [-0.25, -0.2) is 0 Å². The van der Waals surface area contributed by atoms with Crippen LogP contribution in [0, 0.1) is 0 Å². The third kappa shape index (κ3) is 7.34. The van der Waals surface area contributed by atoms with Crippen LogP contribution in [0.5, 0.6) is 0 Å². The smallest absolute Gasteiger partial charge is 0.305 e. The molecule has 100 valence electrons. The van der Waals surface area contributed by atoms with Crippen molar-refractivity contribution in [1.82, 2.24) is 10.6 Å². The van der Waals surface area contributed by atoms with Gasteiger partial charge in [0, 0.05) is 26.1 Å². The molecule has 17 heavy (non-hydrogen) atoms. The number of hydrogen-bond acceptors (Lipinski definition) is 4. The first kappa shape index (κ1) is 14.5. The molecule has 1 atom stereocenters. The molecule has 1 heterocycles. The Labute approximate surface area is 104 Å². The fraction of sp³-hybridized carbons (Fsp3) is 0.923. The topological polar surface area (TPSA) is 50.4 Å². The molecular weight excluding hydrogens is 216 g/mol. The second kappa shape index (κ2) is 9.42. The van der Waals surface area contributed by atoms with Crippen molar-refractivity contribution < 1.29 is 9.53 Å². The summed E-state index contributed by atoms with van der Waals surface area (Å²) < 4.78 is 5.25. The van der Waals surface area contributed by atoms with Crippen LogP contribution in [0.3, 0.4) is 0 Å². The average molecular weight is 242 g/mol. The molecule has 2 N–H and O–H groups in total. The van der Waals surface area contributed by atoms with Crippen LogP contribution in [0.2, 0.25) is 0 Å². The summed E-state index contributed by atoms with van der Waals surface area (Å²) in [5.41, 5.74) is 0. The van der Waals surface area contributed by atoms with Crippen LogP contribution in [0.25, 0.3) is 0 Å². The van der Waals surface area contributed by atoms with E-state index in [1.54, 1.807) is 0 Å². The third-order valence-corrected chi connectivity index (χ3v) is 3.06. The van der Waals surface area contributed by atoms with E-state index in [9.17, 15) is 4.79 Å². The summed E-state index contributed by atoms with van der Waals surface area (Å²) in [6, 6.07) is 0.285. The van der Waals surface area contributed by atoms with E-state index in [0.717, 1.165) is 32.5 Å². The largest absolute Gasteiger partial charge is 0.464 e. The Balaban J connectivity index is 1.93. The van der Waals surface area contributed by atoms with E-state index in [4.69, 9.17) is 4.74 Å². The predicted molar refractivity (Wildman–Crippen MR) is 69.0 cm³/mol. The van der Waals surface area contributed by atoms with Gasteiger partial charge in [-0.1, -0.05) is 32.6 Å². The second-order valence-corrected chi connectivity index (χ2v) is 4.70. The number of ether oxygens (including phenoxy) is 1. The van der Waals surface area contributed by atoms with Crippen molar-refractivity contribution in [2.75, 3.05) is 26.2 Å². The number of rotatable bonds is 8. The SMILES string of the molecule is CCCCCCCC(=O)OCC1CNCCN1. The highest BCUT2D eigenvalue weighted by Gasteiger charge is 2.13. The van der Waals surface area contributed by atoms with Crippen molar-refractivity contribution in [3.05, 3.63) is 0 Å². The van der Waals surface area contributed by atoms with E-state index in [-0.39, 0.29) is 12.0 Å². The minimum Gasteiger partial charge on any atom is -0.464 e. The molecule has 4 heteroatoms. The summed E-state index contributed by atoms with van der Waals surface area (Å²) in [7, 11) is 0. The number of carbonyl (C=O) groups is 1. The van der Waals surface area contributed by atoms with Gasteiger partial charge in [0.1, 0.15) is 6.61 Å². The van der Waals surface area contributed by atoms with Crippen LogP contribution in [0.1, 0.15) is 45.4 Å². The van der Waals surface area contributed by atoms with Crippen LogP contribution < -0.4 is 10.6 Å². The van der Waals surface area contributed by atoms with E-state index >= 15 is 0 Å². The molecule has 0 radical (unpaired) electrons. The number of unbranched alkanes of at least 4 members (excludes halogenated alkanes) is 4. The Kier molecular flexibility index (Phi) is 8.01. The predicted octanol–water partition coefficient (Wildman–Crippen LogP) is 1.45. The molecular formula is C13H26N2O2. The van der Waals surface area contributed by atoms with E-state index in [1.165, 1.54) is 19.3 Å². The quantitative estimate of drug-likeness (QED) is 0.500. The van der Waals surface area contributed by atoms with E-state index in [0.29, 0.717) is 13.0 Å². The molecule has 1 unspecified atom stereocenters. The lowest BCUT2D eigenvalue weighted by atomic mass is 10.1. The maximum atomic E-state index is 11.4. The lowest BCUT2D eigenvalue weighted by molar-refractivity contribution is -0.144. The summed E-state index contributed by atoms with van der Waals surface area (Å²) in [4.78, 5) is 11.4. The van der Waals surface area contributed by atoms with Crippen molar-refractivity contribution in [2.24, 2.45) is 0 Å². The Morgan fingerprint density at radius 1 is 1.24 bits per heavy atom. The Morgan fingerprint density at radius 3 is 2.76 bits per heavy atom. The van der Waals surface area contributed by atoms with Crippen LogP contribution in [-0.2, 0) is 9.53 Å². The van der Waals surface area contributed by atoms with Gasteiger partial charge in [-0.05, 0) is 6.42 Å². The lowest BCUT2D eigenvalue weighted by Crippen LogP contribution is -2.50. The van der Waals surface area contributed by atoms with Gasteiger partial charge in [0.2, 0.25) is 0 Å². The zero-order valence-electron chi connectivity index (χ0n) is 11.0. The highest BCUT2D eigenvalue weighted by atomic mass is 16.5. The number of piperazine rings is 1. The minimum absolute atomic E-state index is 0.0473. The molecule has 1 aliphatic rings. The maximum Gasteiger partial charge on any atom is 0.305 e. The van der Waals surface area contributed by atoms with Gasteiger partial charge in [0.15, 0.2) is 0 Å². The van der Waals surface area contributed by atoms with Crippen LogP contribution in [-0.4, -0.2) is 38.3 Å². The molecule has 0 spiro atoms. The summed E-state index contributed by atoms with van der Waals surface area (Å²) >= 11 is 0. The van der Waals surface area contributed by atoms with Crippen molar-refractivity contribution >= 4 is 5.97 Å². The number of carbonyl (C=O) groups excluding carboxylic acids is 1. The monoisotopic (exact) mass is 242 g/mol. The van der Waals surface area contributed by atoms with E-state index in [1.807, 2.05) is 0 Å². The van der Waals surface area contributed by atoms with E-state index in [2.05, 4.69) is 17.6 Å². The van der Waals surface area contributed by atoms with Gasteiger partial charge in [0.05, 0.1) is 6.04 Å². The molecule has 1 fully saturated rings. The van der Waals surface area contributed by atoms with Crippen LogP contribution in [0.4, 0.5) is 0 Å². The molecule has 0 aliphatic carbocycles. The lowest BCUT2D eigenvalue weighted by Gasteiger charge is -2.23. The molecule has 4 nitrogen and oxygen atoms in total. The average Bonchev–Trinajstić information content (AvgIpc) is 2.37. The van der Waals surface area contributed by atoms with Gasteiger partial charge >= 0.3 is 5.97 Å². The summed E-state index contributed by atoms with van der Waals surface area (Å²) in [6.07, 6.45) is 6.43. The molecule has 1 saturated heterocycles. The van der Waals surface area contributed by atoms with Crippen molar-refractivity contribution in [3.8, 4) is 0 Å². The Morgan fingerprint density at radius 2 is 2.06 bits per heavy atom. The number of nitrogens with one attached hydrogen (secondary N) is 2. The highest BCUT2D eigenvalue weighted by Crippen LogP contribution is 2.05. The minimum atomic E-state index is -0.0473. The Bertz CT molecular complexity index is 204. The molecule has 0 saturated carbocycles. The van der Waals surface area contributed by atoms with Gasteiger partial charge in [-0.3, -0.25) is 4.79 Å². The van der Waals surface area contributed by atoms with Gasteiger partial charge < -0.3 is 15.4 Å². The fourth-order valence-corrected chi connectivity index (χ4v) is 1.97. The summed E-state index contributed by atoms with van der Waals surface area (Å²) in [5.74, 6) is -0.0473. The summed E-state index contributed by atoms with van der Waals surface area (Å²) in [5, 5.41) is 6.59. The van der Waals surface area contributed by atoms with Crippen LogP contribution in [0.15, 0.2) is 0 Å². The molecule has 0 bridgehead atoms. The van der Waals surface area contributed by atoms with E-state index < -0.39 is 0 Å². The molecule has 0 aromatic carbocycles. The first-order valence-corrected chi connectivity index (χ1v) is 6.92. The van der Waals surface area contributed by atoms with Crippen LogP contribution >= 0.6 is 0 Å². The molecule has 0 aromatic heterocycles. The summed E-state index contributed by atoms with van der Waals surface area (Å²) in [6.45, 7) is 5.55. The first-order valence-electron chi connectivity index (χ1n) is 6.92. The molecule has 0 aromatic rings. The van der Waals surface area contributed by atoms with Gasteiger partial charge in [-0.2, -0.15) is 0 Å². The molecule has 1 rings (SSSR count). The number of hydrogen-bond donors (Lipinski definition) is 2. The maximum absolute atomic E-state index is 11.4. The van der Waals surface area contributed by atoms with Gasteiger partial charge in [0.25, 0.3) is 0 Å². The normalized spacial score (nSPS) is 20.2. The molecule has 1 aliphatic heterocycles.